The van der Waals surface area contributed by atoms with Gasteiger partial charge in [-0.15, -0.1) is 11.8 Å². The van der Waals surface area contributed by atoms with Crippen molar-refractivity contribution >= 4 is 29.4 Å². The van der Waals surface area contributed by atoms with E-state index < -0.39 is 0 Å². The van der Waals surface area contributed by atoms with Gasteiger partial charge in [0.25, 0.3) is 0 Å². The summed E-state index contributed by atoms with van der Waals surface area (Å²) < 4.78 is 7.72. The number of likely N-dealkylation sites (tertiary alicyclic amines) is 1. The van der Waals surface area contributed by atoms with Crippen molar-refractivity contribution in [1.29, 1.82) is 0 Å². The molecule has 43 heavy (non-hydrogen) atoms. The highest BCUT2D eigenvalue weighted by Gasteiger charge is 2.39. The van der Waals surface area contributed by atoms with Crippen LogP contribution in [0.15, 0.2) is 72.8 Å². The van der Waals surface area contributed by atoms with E-state index >= 15 is 0 Å². The van der Waals surface area contributed by atoms with E-state index in [2.05, 4.69) is 57.2 Å². The number of carbonyl (C=O) groups excluding carboxylic acids is 2. The topological polar surface area (TPSA) is 67.7 Å². The van der Waals surface area contributed by atoms with Crippen molar-refractivity contribution in [1.82, 2.24) is 14.7 Å². The third-order valence-corrected chi connectivity index (χ3v) is 9.80. The van der Waals surface area contributed by atoms with Crippen molar-refractivity contribution in [3.63, 3.8) is 0 Å². The van der Waals surface area contributed by atoms with Gasteiger partial charge in [-0.1, -0.05) is 73.2 Å². The number of methoxy groups -OCH3 is 1. The molecule has 2 amide bonds. The number of hydrogen-bond acceptors (Lipinski definition) is 5. The minimum atomic E-state index is -0.249. The minimum absolute atomic E-state index is 0.0236. The molecule has 1 saturated heterocycles. The summed E-state index contributed by atoms with van der Waals surface area (Å²) in [6.45, 7) is 7.78. The number of carbonyl (C=O) groups is 2. The van der Waals surface area contributed by atoms with E-state index in [4.69, 9.17) is 9.84 Å². The van der Waals surface area contributed by atoms with Gasteiger partial charge in [0.1, 0.15) is 18.1 Å². The van der Waals surface area contributed by atoms with Crippen LogP contribution in [0.2, 0.25) is 0 Å². The van der Waals surface area contributed by atoms with Gasteiger partial charge in [0, 0.05) is 29.8 Å². The van der Waals surface area contributed by atoms with Crippen LogP contribution < -0.4 is 9.64 Å². The number of hydrogen-bond donors (Lipinski definition) is 0. The maximum absolute atomic E-state index is 14.1. The van der Waals surface area contributed by atoms with E-state index in [9.17, 15) is 9.59 Å². The third-order valence-electron chi connectivity index (χ3n) is 8.57. The molecule has 0 unspecified atom stereocenters. The van der Waals surface area contributed by atoms with E-state index in [1.807, 2.05) is 46.0 Å². The number of amides is 2. The number of aromatic nitrogens is 2. The number of fused-ring (bicyclic) bond motifs is 1. The molecule has 1 atom stereocenters. The lowest BCUT2D eigenvalue weighted by atomic mass is 9.98. The highest BCUT2D eigenvalue weighted by Crippen LogP contribution is 2.50. The number of anilines is 1. The standard InChI is InChI=1S/C35H38N4O3S/c1-23-16-18-37(19-17-23)30(40)21-38-31(41)22-43-34(27-12-8-9-13-29(27)42-4)32-33(26-10-6-5-7-11-26)36-39(35(32)38)28-15-14-24(2)20-25(28)3/h5-15,20,23,34H,16-19,21-22H2,1-4H3/t34-/m1/s1. The van der Waals surface area contributed by atoms with E-state index in [1.165, 1.54) is 0 Å². The molecule has 0 spiro atoms. The Morgan fingerprint density at radius 3 is 2.44 bits per heavy atom. The zero-order valence-electron chi connectivity index (χ0n) is 25.2. The van der Waals surface area contributed by atoms with Gasteiger partial charge in [0.2, 0.25) is 11.8 Å². The molecule has 4 aromatic rings. The van der Waals surface area contributed by atoms with Gasteiger partial charge in [-0.25, -0.2) is 4.68 Å². The normalized spacial score (nSPS) is 17.5. The van der Waals surface area contributed by atoms with Crippen LogP contribution in [0.4, 0.5) is 5.82 Å². The fourth-order valence-electron chi connectivity index (χ4n) is 6.16. The van der Waals surface area contributed by atoms with Gasteiger partial charge in [0.05, 0.1) is 29.5 Å². The smallest absolute Gasteiger partial charge is 0.242 e. The Bertz CT molecular complexity index is 1640. The second-order valence-electron chi connectivity index (χ2n) is 11.6. The molecule has 0 aliphatic carbocycles. The first kappa shape index (κ1) is 29.1. The van der Waals surface area contributed by atoms with E-state index in [0.717, 1.165) is 70.9 Å². The Kier molecular flexibility index (Phi) is 8.30. The quantitative estimate of drug-likeness (QED) is 0.252. The van der Waals surface area contributed by atoms with E-state index in [1.54, 1.807) is 23.8 Å². The zero-order chi connectivity index (χ0) is 30.1. The second kappa shape index (κ2) is 12.3. The molecule has 2 aliphatic heterocycles. The fraction of sp³-hybridized carbons (Fsp3) is 0.343. The highest BCUT2D eigenvalue weighted by molar-refractivity contribution is 8.00. The molecule has 1 aromatic heterocycles. The van der Waals surface area contributed by atoms with Gasteiger partial charge in [-0.05, 0) is 50.3 Å². The monoisotopic (exact) mass is 594 g/mol. The molecule has 8 heteroatoms. The van der Waals surface area contributed by atoms with Gasteiger partial charge in [-0.3, -0.25) is 14.5 Å². The Balaban J connectivity index is 1.60. The number of aryl methyl sites for hydroxylation is 2. The lowest BCUT2D eigenvalue weighted by Gasteiger charge is -2.32. The van der Waals surface area contributed by atoms with Crippen LogP contribution in [0, 0.1) is 19.8 Å². The number of piperidine rings is 1. The molecule has 1 fully saturated rings. The van der Waals surface area contributed by atoms with Crippen LogP contribution in [0.5, 0.6) is 5.75 Å². The molecular weight excluding hydrogens is 556 g/mol. The van der Waals surface area contributed by atoms with Crippen molar-refractivity contribution in [2.45, 2.75) is 38.9 Å². The largest absolute Gasteiger partial charge is 0.496 e. The summed E-state index contributed by atoms with van der Waals surface area (Å²) in [5.41, 5.74) is 6.69. The summed E-state index contributed by atoms with van der Waals surface area (Å²) in [5.74, 6) is 2.10. The molecule has 3 aromatic carbocycles. The van der Waals surface area contributed by atoms with Crippen LogP contribution in [-0.2, 0) is 9.59 Å². The number of ether oxygens (including phenoxy) is 1. The number of rotatable bonds is 6. The summed E-state index contributed by atoms with van der Waals surface area (Å²) in [6.07, 6.45) is 1.96. The van der Waals surface area contributed by atoms with Gasteiger partial charge in [-0.2, -0.15) is 5.10 Å². The maximum Gasteiger partial charge on any atom is 0.242 e. The number of benzene rings is 3. The molecule has 222 valence electrons. The fourth-order valence-corrected chi connectivity index (χ4v) is 7.38. The van der Waals surface area contributed by atoms with Crippen molar-refractivity contribution in [2.24, 2.45) is 5.92 Å². The van der Waals surface area contributed by atoms with Crippen LogP contribution >= 0.6 is 11.8 Å². The maximum atomic E-state index is 14.1. The van der Waals surface area contributed by atoms with Crippen molar-refractivity contribution in [2.75, 3.05) is 37.4 Å². The first-order chi connectivity index (χ1) is 20.9. The predicted octanol–water partition coefficient (Wildman–Crippen LogP) is 6.59. The summed E-state index contributed by atoms with van der Waals surface area (Å²) in [6, 6.07) is 24.3. The average Bonchev–Trinajstić information content (AvgIpc) is 3.33. The average molecular weight is 595 g/mol. The van der Waals surface area contributed by atoms with Crippen molar-refractivity contribution in [3.8, 4) is 22.7 Å². The summed E-state index contributed by atoms with van der Waals surface area (Å²) in [4.78, 5) is 31.5. The van der Waals surface area contributed by atoms with E-state index in [-0.39, 0.29) is 29.4 Å². The lowest BCUT2D eigenvalue weighted by molar-refractivity contribution is -0.132. The predicted molar refractivity (Wildman–Crippen MR) is 173 cm³/mol. The molecule has 0 radical (unpaired) electrons. The lowest BCUT2D eigenvalue weighted by Crippen LogP contribution is -2.46. The first-order valence-corrected chi connectivity index (χ1v) is 16.0. The minimum Gasteiger partial charge on any atom is -0.496 e. The Labute approximate surface area is 257 Å². The van der Waals surface area contributed by atoms with Crippen LogP contribution in [0.1, 0.15) is 47.3 Å². The summed E-state index contributed by atoms with van der Waals surface area (Å²) in [7, 11) is 1.67. The number of thioether (sulfide) groups is 1. The van der Waals surface area contributed by atoms with Crippen molar-refractivity contribution < 1.29 is 14.3 Å². The molecule has 6 rings (SSSR count). The number of nitrogens with zero attached hydrogens (tertiary/aromatic N) is 4. The molecular formula is C35H38N4O3S. The zero-order valence-corrected chi connectivity index (χ0v) is 26.1. The molecule has 0 N–H and O–H groups in total. The Morgan fingerprint density at radius 2 is 1.72 bits per heavy atom. The van der Waals surface area contributed by atoms with Gasteiger partial charge < -0.3 is 9.64 Å². The molecule has 0 bridgehead atoms. The molecule has 7 nitrogen and oxygen atoms in total. The van der Waals surface area contributed by atoms with Crippen LogP contribution in [0.25, 0.3) is 16.9 Å². The molecule has 0 saturated carbocycles. The second-order valence-corrected chi connectivity index (χ2v) is 12.7. The SMILES string of the molecule is COc1ccccc1[C@H]1SCC(=O)N(CC(=O)N2CCC(C)CC2)c2c1c(-c1ccccc1)nn2-c1ccc(C)cc1C. The third kappa shape index (κ3) is 5.68. The van der Waals surface area contributed by atoms with E-state index in [0.29, 0.717) is 11.7 Å². The van der Waals surface area contributed by atoms with Gasteiger partial charge in [0.15, 0.2) is 0 Å². The Morgan fingerprint density at radius 1 is 1.00 bits per heavy atom. The summed E-state index contributed by atoms with van der Waals surface area (Å²) in [5, 5.41) is 5.00. The van der Waals surface area contributed by atoms with Gasteiger partial charge >= 0.3 is 0 Å². The first-order valence-electron chi connectivity index (χ1n) is 14.9. The van der Waals surface area contributed by atoms with Crippen LogP contribution in [-0.4, -0.2) is 59.0 Å². The van der Waals surface area contributed by atoms with Crippen LogP contribution in [0.3, 0.4) is 0 Å². The van der Waals surface area contributed by atoms with Crippen molar-refractivity contribution in [3.05, 3.63) is 95.1 Å². The number of para-hydroxylation sites is 1. The molecule has 2 aliphatic rings. The Hall–Kier alpha value is -4.04. The molecule has 3 heterocycles. The summed E-state index contributed by atoms with van der Waals surface area (Å²) >= 11 is 1.56. The highest BCUT2D eigenvalue weighted by atomic mass is 32.2.